The minimum atomic E-state index is -0.0802. The first-order valence-electron chi connectivity index (χ1n) is 0.974. The van der Waals surface area contributed by atoms with Crippen LogP contribution < -0.4 is 0 Å². The number of hydrogen-bond acceptors (Lipinski definition) is 1. The van der Waals surface area contributed by atoms with E-state index in [0.717, 1.165) is 0 Å². The summed E-state index contributed by atoms with van der Waals surface area (Å²) in [5.41, 5.74) is 1.75. The van der Waals surface area contributed by atoms with E-state index in [4.69, 9.17) is 11.8 Å². The molecule has 0 aliphatic heterocycles. The zero-order valence-electron chi connectivity index (χ0n) is 2.45. The third kappa shape index (κ3) is 3.36. The summed E-state index contributed by atoms with van der Waals surface area (Å²) in [5.74, 6) is 0. The smallest absolute Gasteiger partial charge is 0.201 e. The highest BCUT2D eigenvalue weighted by molar-refractivity contribution is 6.51. The van der Waals surface area contributed by atoms with Crippen LogP contribution in [0.1, 0.15) is 0 Å². The summed E-state index contributed by atoms with van der Waals surface area (Å²) in [6.45, 7) is 6.14. The Labute approximate surface area is 33.0 Å². The normalized spacial score (nSPS) is 3.80. The van der Waals surface area contributed by atoms with E-state index in [2.05, 4.69) is 0 Å². The molecule has 0 aromatic rings. The molecule has 0 saturated carbocycles. The molecule has 0 aliphatic carbocycles. The topological polar surface area (TPSA) is 23.8 Å². The zero-order valence-corrected chi connectivity index (χ0v) is 3.45. The minimum absolute atomic E-state index is 0.0802. The van der Waals surface area contributed by atoms with Crippen molar-refractivity contribution in [2.24, 2.45) is 0 Å². The number of rotatable bonds is 0. The quantitative estimate of drug-likeness (QED) is 0.356. The molecule has 0 aliphatic rings. The van der Waals surface area contributed by atoms with Crippen LogP contribution in [0.3, 0.4) is 0 Å². The summed E-state index contributed by atoms with van der Waals surface area (Å²) in [5, 5.41) is 9.58. The Kier molecular flexibility index (Phi) is 2.93. The second-order valence-corrected chi connectivity index (χ2v) is 1.09. The molecule has 0 bridgehead atoms. The molecule has 5 heavy (non-hydrogen) atoms. The van der Waals surface area contributed by atoms with Crippen LogP contribution in [0.2, 0.25) is 0 Å². The maximum atomic E-state index is 7.65. The number of hydrogen-bond donors (Lipinski definition) is 0. The summed E-state index contributed by atoms with van der Waals surface area (Å²) >= 11 is 0. The van der Waals surface area contributed by atoms with Crippen LogP contribution in [0.25, 0.3) is 0 Å². The lowest BCUT2D eigenvalue weighted by atomic mass is 11.3. The fourth-order valence-electron chi connectivity index (χ4n) is 0.0280. The van der Waals surface area contributed by atoms with Gasteiger partial charge in [-0.1, -0.05) is 0 Å². The van der Waals surface area contributed by atoms with Crippen LogP contribution in [-0.4, -0.2) is 14.5 Å². The molecule has 2 heteroatoms. The van der Waals surface area contributed by atoms with E-state index >= 15 is 0 Å². The maximum absolute atomic E-state index is 7.65. The average molecular weight is 78.1 g/mol. The van der Waals surface area contributed by atoms with Crippen LogP contribution in [0.5, 0.6) is 0 Å². The Morgan fingerprint density at radius 3 is 2.40 bits per heavy atom. The van der Waals surface area contributed by atoms with Crippen LogP contribution in [0.4, 0.5) is 0 Å². The summed E-state index contributed by atoms with van der Waals surface area (Å²) in [7, 11) is -0.0802. The zero-order chi connectivity index (χ0) is 4.12. The van der Waals surface area contributed by atoms with Crippen molar-refractivity contribution in [3.63, 3.8) is 0 Å². The van der Waals surface area contributed by atoms with Crippen molar-refractivity contribution in [2.45, 2.75) is 0 Å². The van der Waals surface area contributed by atoms with E-state index in [-0.39, 0.29) is 9.13 Å². The molecule has 0 atom stereocenters. The first kappa shape index (κ1) is 4.36. The molecular formula is C3NSi. The van der Waals surface area contributed by atoms with E-state index in [1.54, 1.807) is 5.69 Å². The summed E-state index contributed by atoms with van der Waals surface area (Å²) in [6.07, 6.45) is 0. The van der Waals surface area contributed by atoms with Gasteiger partial charge >= 0.3 is 0 Å². The molecular weight excluding hydrogens is 78.1 g/mol. The second-order valence-electron chi connectivity index (χ2n) is 0.362. The molecule has 0 N–H and O–H groups in total. The third-order valence-corrected chi connectivity index (χ3v) is 0.355. The van der Waals surface area contributed by atoms with Crippen LogP contribution in [0, 0.1) is 17.5 Å². The number of nitriles is 1. The van der Waals surface area contributed by atoms with Gasteiger partial charge in [-0.05, 0) is 0 Å². The Hall–Kier alpha value is -0.643. The Balaban J connectivity index is 3.46. The van der Waals surface area contributed by atoms with Crippen molar-refractivity contribution in [2.75, 3.05) is 0 Å². The SMILES string of the molecule is [C]=C=[Si]C#N. The predicted molar refractivity (Wildman–Crippen MR) is 19.6 cm³/mol. The fraction of sp³-hybridized carbons (Fsp3) is 0. The van der Waals surface area contributed by atoms with Crippen molar-refractivity contribution in [3.05, 3.63) is 6.58 Å². The lowest BCUT2D eigenvalue weighted by molar-refractivity contribution is 1.56. The van der Waals surface area contributed by atoms with Crippen molar-refractivity contribution < 1.29 is 0 Å². The molecule has 1 nitrogen and oxygen atoms in total. The molecule has 0 aromatic heterocycles. The Morgan fingerprint density at radius 1 is 1.80 bits per heavy atom. The van der Waals surface area contributed by atoms with Crippen molar-refractivity contribution >= 4 is 14.5 Å². The summed E-state index contributed by atoms with van der Waals surface area (Å²) in [4.78, 5) is 0. The lowest BCUT2D eigenvalue weighted by Crippen LogP contribution is -1.59. The first-order chi connectivity index (χ1) is 2.41. The van der Waals surface area contributed by atoms with Gasteiger partial charge in [-0.2, -0.15) is 0 Å². The molecule has 0 saturated heterocycles. The predicted octanol–water partition coefficient (Wildman–Crippen LogP) is -0.561. The molecule has 0 unspecified atom stereocenters. The molecule has 0 spiro atoms. The third-order valence-electron chi connectivity index (χ3n) is 0.118. The Morgan fingerprint density at radius 2 is 2.40 bits per heavy atom. The first-order valence-corrected chi connectivity index (χ1v) is 1.97. The lowest BCUT2D eigenvalue weighted by Gasteiger charge is -1.31. The minimum Gasteiger partial charge on any atom is -0.201 e. The van der Waals surface area contributed by atoms with Gasteiger partial charge in [0.15, 0.2) is 0 Å². The van der Waals surface area contributed by atoms with Gasteiger partial charge in [0.25, 0.3) is 0 Å². The van der Waals surface area contributed by atoms with Crippen LogP contribution >= 0.6 is 0 Å². The highest BCUT2D eigenvalue weighted by Crippen LogP contribution is 1.20. The highest BCUT2D eigenvalue weighted by atomic mass is 28.2. The molecule has 0 fully saturated rings. The van der Waals surface area contributed by atoms with Crippen LogP contribution in [-0.2, 0) is 0 Å². The molecule has 0 rings (SSSR count). The van der Waals surface area contributed by atoms with Gasteiger partial charge in [0.1, 0.15) is 0 Å². The van der Waals surface area contributed by atoms with Gasteiger partial charge in [-0.3, -0.25) is 0 Å². The average Bonchev–Trinajstić information content (AvgIpc) is 1.41. The van der Waals surface area contributed by atoms with Gasteiger partial charge < -0.3 is 0 Å². The molecule has 0 amide bonds. The van der Waals surface area contributed by atoms with Gasteiger partial charge in [0.2, 0.25) is 9.13 Å². The van der Waals surface area contributed by atoms with Gasteiger partial charge in [0, 0.05) is 6.58 Å². The van der Waals surface area contributed by atoms with Crippen molar-refractivity contribution in [1.29, 1.82) is 5.26 Å². The van der Waals surface area contributed by atoms with Gasteiger partial charge in [-0.15, -0.1) is 5.33 Å². The fourth-order valence-corrected chi connectivity index (χ4v) is 0.0839. The van der Waals surface area contributed by atoms with E-state index in [9.17, 15) is 0 Å². The van der Waals surface area contributed by atoms with Gasteiger partial charge in [-0.25, -0.2) is 5.26 Å². The van der Waals surface area contributed by atoms with E-state index in [1.807, 2.05) is 5.33 Å². The number of nitrogens with zero attached hydrogens (tertiary/aromatic N) is 1. The van der Waals surface area contributed by atoms with Crippen molar-refractivity contribution in [3.8, 4) is 5.69 Å². The molecule has 3 radical (unpaired) electrons. The second kappa shape index (κ2) is 3.36. The van der Waals surface area contributed by atoms with E-state index in [0.29, 0.717) is 0 Å². The molecule has 0 aromatic carbocycles. The molecule has 0 heterocycles. The van der Waals surface area contributed by atoms with E-state index < -0.39 is 0 Å². The summed E-state index contributed by atoms with van der Waals surface area (Å²) < 4.78 is 0. The monoisotopic (exact) mass is 78.0 g/mol. The standard InChI is InChI=1S/C3NSi/c1-2-5-3-4. The largest absolute Gasteiger partial charge is 0.223 e. The van der Waals surface area contributed by atoms with Gasteiger partial charge in [0.05, 0.1) is 5.69 Å². The highest BCUT2D eigenvalue weighted by Gasteiger charge is 1.46. The molecule has 21 valence electrons. The van der Waals surface area contributed by atoms with Crippen LogP contribution in [0.15, 0.2) is 0 Å². The van der Waals surface area contributed by atoms with E-state index in [1.165, 1.54) is 0 Å². The Bertz CT molecular complexity index is 94.0. The maximum Gasteiger partial charge on any atom is 0.223 e. The summed E-state index contributed by atoms with van der Waals surface area (Å²) in [6, 6.07) is 0. The van der Waals surface area contributed by atoms with Crippen molar-refractivity contribution in [1.82, 2.24) is 0 Å².